The summed E-state index contributed by atoms with van der Waals surface area (Å²) in [5.74, 6) is 1.25. The van der Waals surface area contributed by atoms with Gasteiger partial charge >= 0.3 is 0 Å². The summed E-state index contributed by atoms with van der Waals surface area (Å²) in [6, 6.07) is 30.4. The zero-order valence-electron chi connectivity index (χ0n) is 38.9. The number of aryl methyl sites for hydroxylation is 4. The van der Waals surface area contributed by atoms with E-state index in [9.17, 15) is 14.4 Å². The minimum atomic E-state index is -0.931. The third-order valence-electron chi connectivity index (χ3n) is 11.3. The number of likely N-dealkylation sites (N-methyl/N-ethyl adjacent to an activating group) is 1. The lowest BCUT2D eigenvalue weighted by Crippen LogP contribution is -2.52. The van der Waals surface area contributed by atoms with Crippen molar-refractivity contribution in [3.63, 3.8) is 0 Å². The van der Waals surface area contributed by atoms with Crippen LogP contribution >= 0.6 is 0 Å². The van der Waals surface area contributed by atoms with Crippen LogP contribution in [-0.2, 0) is 33.6 Å². The predicted molar refractivity (Wildman–Crippen MR) is 258 cm³/mol. The van der Waals surface area contributed by atoms with Gasteiger partial charge in [-0.2, -0.15) is 0 Å². The van der Waals surface area contributed by atoms with Gasteiger partial charge < -0.3 is 40.6 Å². The molecule has 0 heterocycles. The summed E-state index contributed by atoms with van der Waals surface area (Å²) >= 11 is 0. The zero-order valence-corrected chi connectivity index (χ0v) is 38.9. The van der Waals surface area contributed by atoms with Crippen LogP contribution in [0.5, 0.6) is 23.0 Å². The van der Waals surface area contributed by atoms with Gasteiger partial charge in [0.2, 0.25) is 11.8 Å². The van der Waals surface area contributed by atoms with Gasteiger partial charge in [-0.25, -0.2) is 0 Å². The minimum absolute atomic E-state index is 0.144. The van der Waals surface area contributed by atoms with Crippen molar-refractivity contribution in [3.05, 3.63) is 153 Å². The summed E-state index contributed by atoms with van der Waals surface area (Å²) in [5, 5.41) is 12.3. The first-order valence-corrected chi connectivity index (χ1v) is 22.4. The first-order valence-electron chi connectivity index (χ1n) is 22.4. The molecule has 1 unspecified atom stereocenters. The third-order valence-corrected chi connectivity index (χ3v) is 11.3. The van der Waals surface area contributed by atoms with Gasteiger partial charge in [-0.3, -0.25) is 14.4 Å². The molecule has 66 heavy (non-hydrogen) atoms. The van der Waals surface area contributed by atoms with Crippen molar-refractivity contribution >= 4 is 17.7 Å². The molecule has 0 aliphatic carbocycles. The van der Waals surface area contributed by atoms with E-state index in [-0.39, 0.29) is 18.9 Å². The number of hydrogen-bond acceptors (Lipinski definition) is 9. The topological polar surface area (TPSA) is 199 Å². The molecule has 5 N–H and O–H groups in total. The maximum Gasteiger partial charge on any atom is 0.257 e. The summed E-state index contributed by atoms with van der Waals surface area (Å²) in [6.07, 6.45) is 4.32. The predicted octanol–water partition coefficient (Wildman–Crippen LogP) is 8.43. The van der Waals surface area contributed by atoms with Gasteiger partial charge in [-0.15, -0.1) is 0 Å². The molecule has 5 rings (SSSR count). The molecular weight excluding hydrogens is 835 g/mol. The van der Waals surface area contributed by atoms with E-state index in [1.54, 1.807) is 45.5 Å². The van der Waals surface area contributed by atoms with Crippen molar-refractivity contribution in [2.45, 2.75) is 83.8 Å². The van der Waals surface area contributed by atoms with Crippen molar-refractivity contribution in [2.75, 3.05) is 41.0 Å². The van der Waals surface area contributed by atoms with Crippen LogP contribution in [0.2, 0.25) is 0 Å². The van der Waals surface area contributed by atoms with E-state index in [4.69, 9.17) is 30.2 Å². The number of hydrogen-bond donors (Lipinski definition) is 4. The zero-order chi connectivity index (χ0) is 47.4. The number of azide groups is 1. The van der Waals surface area contributed by atoms with Crippen LogP contribution in [0.3, 0.4) is 0 Å². The minimum Gasteiger partial charge on any atom is -0.497 e. The van der Waals surface area contributed by atoms with E-state index in [1.165, 1.54) is 0 Å². The summed E-state index contributed by atoms with van der Waals surface area (Å²) in [6.45, 7) is 7.08. The Labute approximate surface area is 388 Å². The SMILES string of the molecule is CCc1cc(OCCCCN=[N+]=[N-])ccc1-c1ccc(C[C@H](N)C(=O)N[C@@H](CCCc2cc(C)cc(C)c2)C(=O)NC(c2ccc(OCC(=O)NC)cc2)c2ccc(OC)cc2OC)cc1. The summed E-state index contributed by atoms with van der Waals surface area (Å²) in [7, 11) is 4.66. The molecular formula is C52H63N7O7. The molecule has 0 bridgehead atoms. The van der Waals surface area contributed by atoms with Gasteiger partial charge in [0.15, 0.2) is 6.61 Å². The van der Waals surface area contributed by atoms with Crippen molar-refractivity contribution in [2.24, 2.45) is 10.8 Å². The van der Waals surface area contributed by atoms with E-state index >= 15 is 0 Å². The van der Waals surface area contributed by atoms with Crippen LogP contribution < -0.4 is 40.6 Å². The van der Waals surface area contributed by atoms with E-state index < -0.39 is 29.9 Å². The lowest BCUT2D eigenvalue weighted by molar-refractivity contribution is -0.130. The Hall–Kier alpha value is -7.02. The molecule has 0 radical (unpaired) electrons. The number of unbranched alkanes of at least 4 members (excludes halogenated alkanes) is 1. The highest BCUT2D eigenvalue weighted by molar-refractivity contribution is 5.90. The maximum absolute atomic E-state index is 14.6. The second kappa shape index (κ2) is 25.5. The number of nitrogens with zero attached hydrogens (tertiary/aromatic N) is 3. The van der Waals surface area contributed by atoms with Gasteiger partial charge in [0.1, 0.15) is 29.0 Å². The molecule has 0 fully saturated rings. The third kappa shape index (κ3) is 14.8. The molecule has 0 aliphatic heterocycles. The van der Waals surface area contributed by atoms with E-state index in [0.29, 0.717) is 60.8 Å². The van der Waals surface area contributed by atoms with E-state index in [1.807, 2.05) is 48.5 Å². The highest BCUT2D eigenvalue weighted by Gasteiger charge is 2.28. The maximum atomic E-state index is 14.6. The highest BCUT2D eigenvalue weighted by Crippen LogP contribution is 2.34. The average Bonchev–Trinajstić information content (AvgIpc) is 3.33. The van der Waals surface area contributed by atoms with Crippen LogP contribution in [0.25, 0.3) is 21.6 Å². The normalized spacial score (nSPS) is 12.2. The Balaban J connectivity index is 1.33. The number of carbonyl (C=O) groups is 3. The summed E-state index contributed by atoms with van der Waals surface area (Å²) in [4.78, 5) is 43.2. The van der Waals surface area contributed by atoms with Crippen molar-refractivity contribution in [1.29, 1.82) is 0 Å². The van der Waals surface area contributed by atoms with Crippen LogP contribution in [0, 0.1) is 13.8 Å². The summed E-state index contributed by atoms with van der Waals surface area (Å²) < 4.78 is 22.9. The van der Waals surface area contributed by atoms with Crippen LogP contribution in [0.15, 0.2) is 108 Å². The van der Waals surface area contributed by atoms with Crippen molar-refractivity contribution in [1.82, 2.24) is 16.0 Å². The molecule has 0 saturated carbocycles. The molecule has 3 atom stereocenters. The number of methoxy groups -OCH3 is 2. The molecule has 0 spiro atoms. The second-order valence-corrected chi connectivity index (χ2v) is 16.2. The number of ether oxygens (including phenoxy) is 4. The standard InChI is InChI=1S/C52H63N7O7/c1-7-38-31-43(65-26-9-8-25-56-59-54)22-23-44(38)39-15-13-36(14-16-39)30-46(53)51(61)57-47(12-10-11-37-28-34(2)27-35(3)29-37)52(62)58-50(45-24-21-42(63-5)32-48(45)64-6)40-17-19-41(20-18-40)66-33-49(60)55-4/h13-24,27-29,31-32,46-47,50H,7-12,25-26,30,33,53H2,1-6H3,(H,55,60)(H,57,61)(H,58,62)/t46-,47-,50?/m0/s1. The first kappa shape index (κ1) is 50.0. The van der Waals surface area contributed by atoms with Crippen LogP contribution in [0.1, 0.15) is 77.6 Å². The molecule has 3 amide bonds. The molecule has 14 heteroatoms. The fourth-order valence-corrected chi connectivity index (χ4v) is 7.81. The molecule has 0 aliphatic rings. The number of nitrogens with two attached hydrogens (primary N) is 1. The van der Waals surface area contributed by atoms with Gasteiger partial charge in [-0.05, 0) is 134 Å². The van der Waals surface area contributed by atoms with Gasteiger partial charge in [0.25, 0.3) is 5.91 Å². The number of benzene rings is 5. The smallest absolute Gasteiger partial charge is 0.257 e. The summed E-state index contributed by atoms with van der Waals surface area (Å²) in [5.41, 5.74) is 24.1. The fourth-order valence-electron chi connectivity index (χ4n) is 7.81. The Morgan fingerprint density at radius 3 is 2.14 bits per heavy atom. The van der Waals surface area contributed by atoms with Crippen molar-refractivity contribution in [3.8, 4) is 34.1 Å². The Bertz CT molecular complexity index is 2420. The average molecular weight is 898 g/mol. The lowest BCUT2D eigenvalue weighted by atomic mass is 9.95. The Kier molecular flexibility index (Phi) is 19.3. The Morgan fingerprint density at radius 2 is 1.47 bits per heavy atom. The number of rotatable bonds is 25. The highest BCUT2D eigenvalue weighted by atomic mass is 16.5. The lowest BCUT2D eigenvalue weighted by Gasteiger charge is -2.26. The van der Waals surface area contributed by atoms with Gasteiger partial charge in [-0.1, -0.05) is 83.8 Å². The largest absolute Gasteiger partial charge is 0.497 e. The van der Waals surface area contributed by atoms with Crippen LogP contribution in [-0.4, -0.2) is 70.8 Å². The quantitative estimate of drug-likeness (QED) is 0.0194. The monoisotopic (exact) mass is 897 g/mol. The van der Waals surface area contributed by atoms with Gasteiger partial charge in [0.05, 0.1) is 32.9 Å². The molecule has 0 aromatic heterocycles. The van der Waals surface area contributed by atoms with Crippen LogP contribution in [0.4, 0.5) is 0 Å². The molecule has 5 aromatic rings. The molecule has 0 saturated heterocycles. The molecule has 5 aromatic carbocycles. The molecule has 348 valence electrons. The Morgan fingerprint density at radius 1 is 0.758 bits per heavy atom. The number of nitrogens with one attached hydrogen (secondary N) is 3. The fraction of sp³-hybridized carbons (Fsp3) is 0.365. The second-order valence-electron chi connectivity index (χ2n) is 16.2. The van der Waals surface area contributed by atoms with E-state index in [2.05, 4.69) is 77.1 Å². The molecule has 14 nitrogen and oxygen atoms in total. The van der Waals surface area contributed by atoms with Crippen molar-refractivity contribution < 1.29 is 33.3 Å². The van der Waals surface area contributed by atoms with Gasteiger partial charge in [0, 0.05) is 30.1 Å². The number of carbonyl (C=O) groups excluding carboxylic acids is 3. The number of amides is 3. The van der Waals surface area contributed by atoms with E-state index in [0.717, 1.165) is 64.0 Å². The first-order chi connectivity index (χ1) is 31.9.